The number of ether oxygens (including phenoxy) is 2. The van der Waals surface area contributed by atoms with E-state index in [1.165, 1.54) is 16.4 Å². The van der Waals surface area contributed by atoms with Crippen molar-refractivity contribution in [1.29, 1.82) is 0 Å². The molecule has 0 saturated carbocycles. The highest BCUT2D eigenvalue weighted by molar-refractivity contribution is 7.99. The molecular weight excluding hydrogens is 424 g/mol. The lowest BCUT2D eigenvalue weighted by molar-refractivity contribution is 0.126. The lowest BCUT2D eigenvalue weighted by Gasteiger charge is -2.12. The summed E-state index contributed by atoms with van der Waals surface area (Å²) in [6.07, 6.45) is -0.685. The van der Waals surface area contributed by atoms with E-state index in [0.29, 0.717) is 22.5 Å². The smallest absolute Gasteiger partial charge is 0.210 e. The molecule has 0 bridgehead atoms. The molecule has 0 radical (unpaired) electrons. The number of benzene rings is 3. The van der Waals surface area contributed by atoms with Gasteiger partial charge in [-0.1, -0.05) is 54.2 Å². The van der Waals surface area contributed by atoms with Gasteiger partial charge in [-0.15, -0.1) is 10.2 Å². The molecule has 0 aliphatic rings. The second kappa shape index (κ2) is 10.2. The van der Waals surface area contributed by atoms with Crippen molar-refractivity contribution in [2.45, 2.75) is 11.3 Å². The summed E-state index contributed by atoms with van der Waals surface area (Å²) in [5.74, 6) is 8.52. The third-order valence-electron chi connectivity index (χ3n) is 4.82. The summed E-state index contributed by atoms with van der Waals surface area (Å²) in [4.78, 5) is 0. The van der Waals surface area contributed by atoms with Gasteiger partial charge < -0.3 is 20.4 Å². The average molecular weight is 449 g/mol. The summed E-state index contributed by atoms with van der Waals surface area (Å²) in [5, 5.41) is 19.1. The molecule has 0 aliphatic carbocycles. The number of nitrogens with two attached hydrogens (primary N) is 1. The van der Waals surface area contributed by atoms with Crippen molar-refractivity contribution in [3.05, 3.63) is 78.9 Å². The van der Waals surface area contributed by atoms with Gasteiger partial charge in [0.1, 0.15) is 18.1 Å². The highest BCUT2D eigenvalue weighted by Gasteiger charge is 2.15. The van der Waals surface area contributed by atoms with E-state index in [2.05, 4.69) is 22.3 Å². The molecular formula is C24H24N4O3S. The summed E-state index contributed by atoms with van der Waals surface area (Å²) in [6, 6.07) is 25.4. The van der Waals surface area contributed by atoms with E-state index in [-0.39, 0.29) is 6.61 Å². The Morgan fingerprint density at radius 1 is 0.875 bits per heavy atom. The zero-order valence-corrected chi connectivity index (χ0v) is 18.4. The average Bonchev–Trinajstić information content (AvgIpc) is 3.22. The standard InChI is InChI=1S/C24H24N4O3S/c1-30-21-11-9-19(10-12-21)23-26-27-24(28(23)25)32-16-20(29)15-31-22-13-7-18(8-14-22)17-5-3-2-4-6-17/h2-14,20,29H,15-16,25H2,1H3. The van der Waals surface area contributed by atoms with Crippen molar-refractivity contribution >= 4 is 11.8 Å². The van der Waals surface area contributed by atoms with Crippen LogP contribution in [0.25, 0.3) is 22.5 Å². The molecule has 0 saturated heterocycles. The van der Waals surface area contributed by atoms with Gasteiger partial charge >= 0.3 is 0 Å². The Morgan fingerprint density at radius 2 is 1.50 bits per heavy atom. The summed E-state index contributed by atoms with van der Waals surface area (Å²) in [5.41, 5.74) is 3.09. The first-order valence-electron chi connectivity index (χ1n) is 10.1. The molecule has 0 spiro atoms. The number of aliphatic hydroxyl groups excluding tert-OH is 1. The Balaban J connectivity index is 1.29. The van der Waals surface area contributed by atoms with Gasteiger partial charge in [0.25, 0.3) is 0 Å². The Bertz CT molecular complexity index is 1130. The Hall–Kier alpha value is -3.49. The van der Waals surface area contributed by atoms with Gasteiger partial charge in [-0.2, -0.15) is 0 Å². The molecule has 4 rings (SSSR count). The fraction of sp³-hybridized carbons (Fsp3) is 0.167. The fourth-order valence-corrected chi connectivity index (χ4v) is 3.86. The number of nitrogens with zero attached hydrogens (tertiary/aromatic N) is 3. The monoisotopic (exact) mass is 448 g/mol. The van der Waals surface area contributed by atoms with Crippen molar-refractivity contribution in [3.63, 3.8) is 0 Å². The van der Waals surface area contributed by atoms with Crippen LogP contribution in [0.15, 0.2) is 84.0 Å². The van der Waals surface area contributed by atoms with Crippen molar-refractivity contribution in [2.24, 2.45) is 0 Å². The van der Waals surface area contributed by atoms with Gasteiger partial charge in [-0.25, -0.2) is 4.68 Å². The van der Waals surface area contributed by atoms with Crippen LogP contribution in [0.3, 0.4) is 0 Å². The van der Waals surface area contributed by atoms with Crippen LogP contribution in [0.5, 0.6) is 11.5 Å². The van der Waals surface area contributed by atoms with E-state index in [1.54, 1.807) is 7.11 Å². The first kappa shape index (κ1) is 21.7. The van der Waals surface area contributed by atoms with Crippen LogP contribution < -0.4 is 15.3 Å². The van der Waals surface area contributed by atoms with Gasteiger partial charge in [-0.3, -0.25) is 0 Å². The third kappa shape index (κ3) is 5.22. The van der Waals surface area contributed by atoms with Crippen molar-refractivity contribution < 1.29 is 14.6 Å². The van der Waals surface area contributed by atoms with Crippen molar-refractivity contribution in [2.75, 3.05) is 25.3 Å². The number of thioether (sulfide) groups is 1. The van der Waals surface area contributed by atoms with E-state index in [9.17, 15) is 5.11 Å². The largest absolute Gasteiger partial charge is 0.497 e. The van der Waals surface area contributed by atoms with E-state index in [0.717, 1.165) is 22.4 Å². The molecule has 4 aromatic rings. The lowest BCUT2D eigenvalue weighted by atomic mass is 10.1. The Kier molecular flexibility index (Phi) is 6.94. The zero-order valence-electron chi connectivity index (χ0n) is 17.6. The first-order valence-corrected chi connectivity index (χ1v) is 11.1. The van der Waals surface area contributed by atoms with Crippen LogP contribution in [0, 0.1) is 0 Å². The molecule has 0 fully saturated rings. The molecule has 8 heteroatoms. The number of rotatable bonds is 9. The number of nitrogen functional groups attached to an aromatic ring is 1. The van der Waals surface area contributed by atoms with E-state index in [4.69, 9.17) is 15.3 Å². The Labute approximate surface area is 190 Å². The molecule has 164 valence electrons. The van der Waals surface area contributed by atoms with Gasteiger partial charge in [0.05, 0.1) is 13.2 Å². The van der Waals surface area contributed by atoms with Crippen LogP contribution in [-0.4, -0.2) is 45.6 Å². The summed E-state index contributed by atoms with van der Waals surface area (Å²) < 4.78 is 12.3. The minimum absolute atomic E-state index is 0.168. The van der Waals surface area contributed by atoms with E-state index in [1.807, 2.05) is 66.7 Å². The predicted molar refractivity (Wildman–Crippen MR) is 126 cm³/mol. The summed E-state index contributed by atoms with van der Waals surface area (Å²) in [6.45, 7) is 0.168. The van der Waals surface area contributed by atoms with Gasteiger partial charge in [0, 0.05) is 11.3 Å². The number of hydrogen-bond acceptors (Lipinski definition) is 7. The minimum atomic E-state index is -0.685. The molecule has 1 atom stereocenters. The topological polar surface area (TPSA) is 95.4 Å². The summed E-state index contributed by atoms with van der Waals surface area (Å²) >= 11 is 1.32. The van der Waals surface area contributed by atoms with Gasteiger partial charge in [0.15, 0.2) is 5.82 Å². The summed E-state index contributed by atoms with van der Waals surface area (Å²) in [7, 11) is 1.62. The lowest BCUT2D eigenvalue weighted by Crippen LogP contribution is -2.21. The normalized spacial score (nSPS) is 11.8. The van der Waals surface area contributed by atoms with Crippen molar-refractivity contribution in [3.8, 4) is 34.0 Å². The molecule has 1 aromatic heterocycles. The molecule has 0 amide bonds. The zero-order chi connectivity index (χ0) is 22.3. The minimum Gasteiger partial charge on any atom is -0.497 e. The Morgan fingerprint density at radius 3 is 2.19 bits per heavy atom. The van der Waals surface area contributed by atoms with Crippen LogP contribution in [0.2, 0.25) is 0 Å². The van der Waals surface area contributed by atoms with Crippen molar-refractivity contribution in [1.82, 2.24) is 14.9 Å². The predicted octanol–water partition coefficient (Wildman–Crippen LogP) is 3.87. The number of aromatic nitrogens is 3. The highest BCUT2D eigenvalue weighted by Crippen LogP contribution is 2.25. The van der Waals surface area contributed by atoms with Crippen LogP contribution in [0.4, 0.5) is 0 Å². The molecule has 32 heavy (non-hydrogen) atoms. The van der Waals surface area contributed by atoms with E-state index < -0.39 is 6.10 Å². The number of methoxy groups -OCH3 is 1. The quantitative estimate of drug-likeness (QED) is 0.296. The number of hydrogen-bond donors (Lipinski definition) is 2. The SMILES string of the molecule is COc1ccc(-c2nnc(SCC(O)COc3ccc(-c4ccccc4)cc3)n2N)cc1. The molecule has 3 N–H and O–H groups in total. The maximum absolute atomic E-state index is 10.3. The van der Waals surface area contributed by atoms with Gasteiger partial charge in [0.2, 0.25) is 5.16 Å². The maximum Gasteiger partial charge on any atom is 0.210 e. The van der Waals surface area contributed by atoms with Crippen LogP contribution in [0.1, 0.15) is 0 Å². The maximum atomic E-state index is 10.3. The van der Waals surface area contributed by atoms with E-state index >= 15 is 0 Å². The van der Waals surface area contributed by atoms with Crippen LogP contribution >= 0.6 is 11.8 Å². The van der Waals surface area contributed by atoms with Gasteiger partial charge in [-0.05, 0) is 47.5 Å². The second-order valence-corrected chi connectivity index (χ2v) is 8.06. The van der Waals surface area contributed by atoms with Crippen LogP contribution in [-0.2, 0) is 0 Å². The molecule has 1 unspecified atom stereocenters. The molecule has 1 heterocycles. The first-order chi connectivity index (χ1) is 15.6. The second-order valence-electron chi connectivity index (χ2n) is 7.07. The molecule has 3 aromatic carbocycles. The fourth-order valence-electron chi connectivity index (χ4n) is 3.10. The third-order valence-corrected chi connectivity index (χ3v) is 5.91. The molecule has 7 nitrogen and oxygen atoms in total. The highest BCUT2D eigenvalue weighted by atomic mass is 32.2. The number of aliphatic hydroxyl groups is 1. The molecule has 0 aliphatic heterocycles.